The van der Waals surface area contributed by atoms with Crippen LogP contribution in [-0.4, -0.2) is 31.7 Å². The van der Waals surface area contributed by atoms with Crippen LogP contribution in [0, 0.1) is 0 Å². The number of carboxylic acids is 1. The molecule has 0 spiro atoms. The predicted octanol–water partition coefficient (Wildman–Crippen LogP) is 0.895. The Hall–Kier alpha value is -2.70. The zero-order valence-electron chi connectivity index (χ0n) is 10.2. The van der Waals surface area contributed by atoms with Gasteiger partial charge in [-0.2, -0.15) is 0 Å². The summed E-state index contributed by atoms with van der Waals surface area (Å²) < 4.78 is 1.71. The lowest BCUT2D eigenvalue weighted by Crippen LogP contribution is -2.16. The highest BCUT2D eigenvalue weighted by atomic mass is 16.4. The molecule has 2 N–H and O–H groups in total. The summed E-state index contributed by atoms with van der Waals surface area (Å²) in [5, 5.41) is 18.9. The molecule has 7 nitrogen and oxygen atoms in total. The minimum Gasteiger partial charge on any atom is -0.481 e. The van der Waals surface area contributed by atoms with E-state index < -0.39 is 18.3 Å². The molecule has 0 bridgehead atoms. The SMILES string of the molecule is Cn1cnnc1-c1ccccc1NC(=O)CC(=O)O. The van der Waals surface area contributed by atoms with Gasteiger partial charge in [-0.15, -0.1) is 10.2 Å². The van der Waals surface area contributed by atoms with Crippen LogP contribution in [0.3, 0.4) is 0 Å². The third kappa shape index (κ3) is 2.95. The second-order valence-electron chi connectivity index (χ2n) is 3.93. The van der Waals surface area contributed by atoms with Crippen molar-refractivity contribution in [3.63, 3.8) is 0 Å². The molecular formula is C12H12N4O3. The van der Waals surface area contributed by atoms with E-state index in [1.165, 1.54) is 0 Å². The normalized spacial score (nSPS) is 10.2. The molecule has 1 aromatic heterocycles. The average molecular weight is 260 g/mol. The van der Waals surface area contributed by atoms with Crippen molar-refractivity contribution in [3.05, 3.63) is 30.6 Å². The van der Waals surface area contributed by atoms with Crippen LogP contribution in [-0.2, 0) is 16.6 Å². The summed E-state index contributed by atoms with van der Waals surface area (Å²) in [5.74, 6) is -1.16. The number of rotatable bonds is 4. The van der Waals surface area contributed by atoms with Crippen molar-refractivity contribution in [2.24, 2.45) is 7.05 Å². The Morgan fingerprint density at radius 2 is 2.11 bits per heavy atom. The molecule has 0 fully saturated rings. The number of aryl methyl sites for hydroxylation is 1. The summed E-state index contributed by atoms with van der Waals surface area (Å²) in [4.78, 5) is 22.0. The number of anilines is 1. The fourth-order valence-corrected chi connectivity index (χ4v) is 1.65. The number of amides is 1. The van der Waals surface area contributed by atoms with Crippen LogP contribution in [0.2, 0.25) is 0 Å². The molecule has 7 heteroatoms. The van der Waals surface area contributed by atoms with E-state index in [1.807, 2.05) is 0 Å². The number of aliphatic carboxylic acids is 1. The molecule has 0 saturated carbocycles. The van der Waals surface area contributed by atoms with Crippen LogP contribution >= 0.6 is 0 Å². The maximum Gasteiger partial charge on any atom is 0.312 e. The van der Waals surface area contributed by atoms with Gasteiger partial charge in [0.15, 0.2) is 5.82 Å². The third-order valence-electron chi connectivity index (χ3n) is 2.47. The average Bonchev–Trinajstić information content (AvgIpc) is 2.75. The van der Waals surface area contributed by atoms with Crippen molar-refractivity contribution >= 4 is 17.6 Å². The minimum atomic E-state index is -1.17. The van der Waals surface area contributed by atoms with Crippen LogP contribution in [0.1, 0.15) is 6.42 Å². The molecule has 0 saturated heterocycles. The van der Waals surface area contributed by atoms with E-state index in [2.05, 4.69) is 15.5 Å². The molecule has 2 aromatic rings. The number of benzene rings is 1. The molecule has 0 aliphatic heterocycles. The van der Waals surface area contributed by atoms with Crippen molar-refractivity contribution in [2.45, 2.75) is 6.42 Å². The van der Waals surface area contributed by atoms with Gasteiger partial charge in [0.05, 0.1) is 5.69 Å². The van der Waals surface area contributed by atoms with Crippen molar-refractivity contribution in [2.75, 3.05) is 5.32 Å². The summed E-state index contributed by atoms with van der Waals surface area (Å²) >= 11 is 0. The molecule has 1 heterocycles. The van der Waals surface area contributed by atoms with Crippen LogP contribution in [0.5, 0.6) is 0 Å². The van der Waals surface area contributed by atoms with Gasteiger partial charge in [-0.05, 0) is 12.1 Å². The van der Waals surface area contributed by atoms with E-state index in [9.17, 15) is 9.59 Å². The second-order valence-corrected chi connectivity index (χ2v) is 3.93. The highest BCUT2D eigenvalue weighted by Gasteiger charge is 2.13. The number of nitrogens with zero attached hydrogens (tertiary/aromatic N) is 3. The molecule has 0 unspecified atom stereocenters. The van der Waals surface area contributed by atoms with Crippen LogP contribution in [0.4, 0.5) is 5.69 Å². The summed E-state index contributed by atoms with van der Waals surface area (Å²) in [6.07, 6.45) is 0.971. The third-order valence-corrected chi connectivity index (χ3v) is 2.47. The fraction of sp³-hybridized carbons (Fsp3) is 0.167. The number of nitrogens with one attached hydrogen (secondary N) is 1. The summed E-state index contributed by atoms with van der Waals surface area (Å²) in [6, 6.07) is 7.01. The van der Waals surface area contributed by atoms with Gasteiger partial charge in [-0.25, -0.2) is 0 Å². The van der Waals surface area contributed by atoms with Crippen molar-refractivity contribution < 1.29 is 14.7 Å². The molecule has 19 heavy (non-hydrogen) atoms. The first-order valence-electron chi connectivity index (χ1n) is 5.53. The lowest BCUT2D eigenvalue weighted by Gasteiger charge is -2.09. The Balaban J connectivity index is 2.30. The molecule has 2 rings (SSSR count). The molecule has 0 aliphatic carbocycles. The van der Waals surface area contributed by atoms with E-state index in [1.54, 1.807) is 42.2 Å². The van der Waals surface area contributed by atoms with Crippen LogP contribution in [0.25, 0.3) is 11.4 Å². The van der Waals surface area contributed by atoms with Gasteiger partial charge < -0.3 is 15.0 Å². The summed E-state index contributed by atoms with van der Waals surface area (Å²) in [6.45, 7) is 0. The van der Waals surface area contributed by atoms with E-state index in [0.29, 0.717) is 17.1 Å². The van der Waals surface area contributed by atoms with Gasteiger partial charge in [0, 0.05) is 12.6 Å². The van der Waals surface area contributed by atoms with Gasteiger partial charge >= 0.3 is 5.97 Å². The molecule has 1 amide bonds. The Kier molecular flexibility index (Phi) is 3.56. The van der Waals surface area contributed by atoms with Crippen molar-refractivity contribution in [1.29, 1.82) is 0 Å². The van der Waals surface area contributed by atoms with E-state index in [4.69, 9.17) is 5.11 Å². The maximum atomic E-state index is 11.5. The van der Waals surface area contributed by atoms with Crippen LogP contribution < -0.4 is 5.32 Å². The number of hydrogen-bond acceptors (Lipinski definition) is 4. The number of para-hydroxylation sites is 1. The van der Waals surface area contributed by atoms with E-state index in [-0.39, 0.29) is 0 Å². The second kappa shape index (κ2) is 5.30. The first kappa shape index (κ1) is 12.7. The van der Waals surface area contributed by atoms with Gasteiger partial charge in [-0.3, -0.25) is 9.59 Å². The van der Waals surface area contributed by atoms with Gasteiger partial charge in [-0.1, -0.05) is 12.1 Å². The van der Waals surface area contributed by atoms with E-state index >= 15 is 0 Å². The monoisotopic (exact) mass is 260 g/mol. The highest BCUT2D eigenvalue weighted by Crippen LogP contribution is 2.25. The lowest BCUT2D eigenvalue weighted by molar-refractivity contribution is -0.139. The molecule has 0 atom stereocenters. The maximum absolute atomic E-state index is 11.5. The Morgan fingerprint density at radius 3 is 2.74 bits per heavy atom. The molecular weight excluding hydrogens is 248 g/mol. The zero-order valence-corrected chi connectivity index (χ0v) is 10.2. The van der Waals surface area contributed by atoms with Crippen molar-refractivity contribution in [1.82, 2.24) is 14.8 Å². The number of hydrogen-bond donors (Lipinski definition) is 2. The van der Waals surface area contributed by atoms with E-state index in [0.717, 1.165) is 0 Å². The standard InChI is InChI=1S/C12H12N4O3/c1-16-7-13-15-12(16)8-4-2-3-5-9(8)14-10(17)6-11(18)19/h2-5,7H,6H2,1H3,(H,14,17)(H,18,19). The predicted molar refractivity (Wildman–Crippen MR) is 67.3 cm³/mol. The van der Waals surface area contributed by atoms with Gasteiger partial charge in [0.2, 0.25) is 5.91 Å². The lowest BCUT2D eigenvalue weighted by atomic mass is 10.1. The quantitative estimate of drug-likeness (QED) is 0.796. The smallest absolute Gasteiger partial charge is 0.312 e. The largest absolute Gasteiger partial charge is 0.481 e. The van der Waals surface area contributed by atoms with Crippen molar-refractivity contribution in [3.8, 4) is 11.4 Å². The number of carbonyl (C=O) groups excluding carboxylic acids is 1. The topological polar surface area (TPSA) is 97.1 Å². The van der Waals surface area contributed by atoms with Gasteiger partial charge in [0.1, 0.15) is 12.7 Å². The Morgan fingerprint density at radius 1 is 1.37 bits per heavy atom. The zero-order chi connectivity index (χ0) is 13.8. The summed E-state index contributed by atoms with van der Waals surface area (Å²) in [7, 11) is 1.78. The molecule has 0 aliphatic rings. The molecule has 0 radical (unpaired) electrons. The van der Waals surface area contributed by atoms with Crippen LogP contribution in [0.15, 0.2) is 30.6 Å². The minimum absolute atomic E-state index is 0.504. The Labute approximate surface area is 108 Å². The number of carboxylic acid groups (broad SMARTS) is 1. The highest BCUT2D eigenvalue weighted by molar-refractivity contribution is 6.03. The summed E-state index contributed by atoms with van der Waals surface area (Å²) in [5.41, 5.74) is 1.19. The fourth-order valence-electron chi connectivity index (χ4n) is 1.65. The Bertz CT molecular complexity index is 621. The molecule has 1 aromatic carbocycles. The first-order chi connectivity index (χ1) is 9.08. The first-order valence-corrected chi connectivity index (χ1v) is 5.53. The number of aromatic nitrogens is 3. The molecule has 98 valence electrons. The van der Waals surface area contributed by atoms with Gasteiger partial charge in [0.25, 0.3) is 0 Å². The number of carbonyl (C=O) groups is 2.